The van der Waals surface area contributed by atoms with Gasteiger partial charge in [-0.25, -0.2) is 9.37 Å². The smallest absolute Gasteiger partial charge is 0.369 e. The quantitative estimate of drug-likeness (QED) is 0.391. The third kappa shape index (κ3) is 4.24. The van der Waals surface area contributed by atoms with Crippen molar-refractivity contribution in [2.45, 2.75) is 12.7 Å². The first-order chi connectivity index (χ1) is 17.2. The van der Waals surface area contributed by atoms with Gasteiger partial charge in [-0.15, -0.1) is 0 Å². The van der Waals surface area contributed by atoms with Crippen LogP contribution in [0.3, 0.4) is 0 Å². The first-order valence-electron chi connectivity index (χ1n) is 10.6. The fourth-order valence-corrected chi connectivity index (χ4v) is 4.19. The van der Waals surface area contributed by atoms with Gasteiger partial charge in [0.2, 0.25) is 5.62 Å². The van der Waals surface area contributed by atoms with E-state index < -0.39 is 29.2 Å². The molecule has 8 nitrogen and oxygen atoms in total. The second-order valence-corrected chi connectivity index (χ2v) is 8.26. The van der Waals surface area contributed by atoms with Crippen LogP contribution >= 0.6 is 11.6 Å². The highest BCUT2D eigenvalue weighted by atomic mass is 35.5. The van der Waals surface area contributed by atoms with Crippen molar-refractivity contribution in [2.75, 3.05) is 24.2 Å². The van der Waals surface area contributed by atoms with Gasteiger partial charge in [0.25, 0.3) is 5.91 Å². The molecule has 3 aliphatic heterocycles. The number of rotatable bonds is 3. The van der Waals surface area contributed by atoms with E-state index in [4.69, 9.17) is 11.6 Å². The number of halogens is 5. The Morgan fingerprint density at radius 1 is 1.19 bits per heavy atom. The molecule has 36 heavy (non-hydrogen) atoms. The van der Waals surface area contributed by atoms with E-state index in [9.17, 15) is 22.4 Å². The molecule has 2 N–H and O–H groups in total. The molecule has 2 aromatic rings. The summed E-state index contributed by atoms with van der Waals surface area (Å²) in [6, 6.07) is 5.46. The second-order valence-electron chi connectivity index (χ2n) is 7.85. The second kappa shape index (κ2) is 8.86. The van der Waals surface area contributed by atoms with Crippen molar-refractivity contribution >= 4 is 29.0 Å². The molecular formula is C23H16ClF4N7O. The van der Waals surface area contributed by atoms with E-state index in [1.54, 1.807) is 19.3 Å². The molecule has 0 saturated carbocycles. The average Bonchev–Trinajstić information content (AvgIpc) is 3.35. The van der Waals surface area contributed by atoms with Crippen LogP contribution in [0.25, 0.3) is 22.5 Å². The molecular weight excluding hydrogens is 502 g/mol. The summed E-state index contributed by atoms with van der Waals surface area (Å²) in [4.78, 5) is 29.0. The SMILES string of the molecule is CN=c1ncc2cc(-c3cc(NC(=O)c4cc(C(F)(F)F)ccn4)c(F)cc3Cl)c3n(c-2n1)CCN3. The molecule has 1 aromatic heterocycles. The van der Waals surface area contributed by atoms with E-state index in [1.165, 1.54) is 6.07 Å². The van der Waals surface area contributed by atoms with Gasteiger partial charge < -0.3 is 15.2 Å². The molecule has 1 aromatic carbocycles. The minimum absolute atomic E-state index is 0.0691. The summed E-state index contributed by atoms with van der Waals surface area (Å²) in [5.41, 5.74) is 0.160. The van der Waals surface area contributed by atoms with E-state index in [-0.39, 0.29) is 10.7 Å². The normalized spacial score (nSPS) is 13.6. The van der Waals surface area contributed by atoms with Crippen LogP contribution in [0.5, 0.6) is 0 Å². The molecule has 13 heteroatoms. The molecule has 3 aliphatic rings. The number of amides is 1. The number of nitrogens with zero attached hydrogens (tertiary/aromatic N) is 5. The van der Waals surface area contributed by atoms with Gasteiger partial charge in [0, 0.05) is 49.2 Å². The number of aromatic nitrogens is 4. The topological polar surface area (TPSA) is 97.1 Å². The number of fused-ring (bicyclic) bond motifs is 3. The highest BCUT2D eigenvalue weighted by Gasteiger charge is 2.31. The zero-order valence-corrected chi connectivity index (χ0v) is 19.2. The third-order valence-corrected chi connectivity index (χ3v) is 5.92. The molecule has 0 fully saturated rings. The number of benzene rings is 1. The lowest BCUT2D eigenvalue weighted by atomic mass is 10.0. The van der Waals surface area contributed by atoms with Crippen molar-refractivity contribution in [3.05, 3.63) is 70.4 Å². The van der Waals surface area contributed by atoms with Crippen LogP contribution in [-0.2, 0) is 12.7 Å². The van der Waals surface area contributed by atoms with E-state index in [2.05, 4.69) is 30.6 Å². The van der Waals surface area contributed by atoms with Gasteiger partial charge in [-0.1, -0.05) is 11.6 Å². The van der Waals surface area contributed by atoms with Crippen molar-refractivity contribution in [3.63, 3.8) is 0 Å². The fraction of sp³-hybridized carbons (Fsp3) is 0.174. The van der Waals surface area contributed by atoms with Crippen molar-refractivity contribution in [3.8, 4) is 22.5 Å². The van der Waals surface area contributed by atoms with Gasteiger partial charge in [-0.2, -0.15) is 18.2 Å². The highest BCUT2D eigenvalue weighted by molar-refractivity contribution is 6.33. The number of hydrogen-bond acceptors (Lipinski definition) is 6. The molecule has 0 aliphatic carbocycles. The van der Waals surface area contributed by atoms with Gasteiger partial charge >= 0.3 is 6.18 Å². The molecule has 0 bridgehead atoms. The number of nitrogens with one attached hydrogen (secondary N) is 2. The van der Waals surface area contributed by atoms with Crippen molar-refractivity contribution in [1.29, 1.82) is 0 Å². The molecule has 184 valence electrons. The summed E-state index contributed by atoms with van der Waals surface area (Å²) in [5, 5.41) is 5.63. The molecule has 4 heterocycles. The van der Waals surface area contributed by atoms with Crippen LogP contribution in [0.15, 0.2) is 47.7 Å². The largest absolute Gasteiger partial charge is 0.416 e. The number of anilines is 2. The maximum absolute atomic E-state index is 14.8. The summed E-state index contributed by atoms with van der Waals surface area (Å²) in [7, 11) is 1.59. The lowest BCUT2D eigenvalue weighted by Gasteiger charge is -2.18. The van der Waals surface area contributed by atoms with Gasteiger partial charge in [0.15, 0.2) is 0 Å². The summed E-state index contributed by atoms with van der Waals surface area (Å²) in [6.45, 7) is 1.21. The highest BCUT2D eigenvalue weighted by Crippen LogP contribution is 2.41. The number of hydrogen-bond donors (Lipinski definition) is 2. The lowest BCUT2D eigenvalue weighted by Crippen LogP contribution is -2.17. The summed E-state index contributed by atoms with van der Waals surface area (Å²) in [6.07, 6.45) is -2.19. The Bertz CT molecular complexity index is 1550. The Kier molecular flexibility index (Phi) is 5.83. The Hall–Kier alpha value is -4.06. The van der Waals surface area contributed by atoms with Crippen LogP contribution < -0.4 is 16.3 Å². The van der Waals surface area contributed by atoms with Gasteiger partial charge in [-0.05, 0) is 30.3 Å². The molecule has 5 rings (SSSR count). The minimum Gasteiger partial charge on any atom is -0.369 e. The fourth-order valence-electron chi connectivity index (χ4n) is 3.94. The maximum Gasteiger partial charge on any atom is 0.416 e. The first-order valence-corrected chi connectivity index (χ1v) is 10.9. The Labute approximate surface area is 206 Å². The number of alkyl halides is 3. The predicted molar refractivity (Wildman–Crippen MR) is 124 cm³/mol. The van der Waals surface area contributed by atoms with E-state index in [0.29, 0.717) is 53.1 Å². The summed E-state index contributed by atoms with van der Waals surface area (Å²) < 4.78 is 55.7. The Balaban J connectivity index is 1.58. The third-order valence-electron chi connectivity index (χ3n) is 5.61. The van der Waals surface area contributed by atoms with Gasteiger partial charge in [0.05, 0.1) is 16.3 Å². The van der Waals surface area contributed by atoms with Crippen molar-refractivity contribution in [1.82, 2.24) is 19.5 Å². The van der Waals surface area contributed by atoms with Gasteiger partial charge in [-0.3, -0.25) is 14.8 Å². The lowest BCUT2D eigenvalue weighted by molar-refractivity contribution is -0.137. The van der Waals surface area contributed by atoms with Crippen molar-refractivity contribution < 1.29 is 22.4 Å². The zero-order chi connectivity index (χ0) is 25.6. The summed E-state index contributed by atoms with van der Waals surface area (Å²) in [5.74, 6) is -0.543. The predicted octanol–water partition coefficient (Wildman–Crippen LogP) is 4.46. The van der Waals surface area contributed by atoms with Crippen molar-refractivity contribution in [2.24, 2.45) is 4.99 Å². The van der Waals surface area contributed by atoms with Crippen LogP contribution in [0.4, 0.5) is 29.1 Å². The van der Waals surface area contributed by atoms with E-state index >= 15 is 0 Å². The molecule has 0 saturated heterocycles. The molecule has 0 radical (unpaired) electrons. The molecule has 0 spiro atoms. The summed E-state index contributed by atoms with van der Waals surface area (Å²) >= 11 is 6.39. The number of pyridine rings is 2. The minimum atomic E-state index is -4.66. The van der Waals surface area contributed by atoms with E-state index in [0.717, 1.165) is 18.3 Å². The Morgan fingerprint density at radius 3 is 2.75 bits per heavy atom. The zero-order valence-electron chi connectivity index (χ0n) is 18.5. The van der Waals surface area contributed by atoms with Crippen LogP contribution in [0.1, 0.15) is 16.1 Å². The number of carbonyl (C=O) groups is 1. The number of carbonyl (C=O) groups excluding carboxylic acids is 1. The maximum atomic E-state index is 14.8. The molecule has 0 unspecified atom stereocenters. The van der Waals surface area contributed by atoms with Crippen LogP contribution in [-0.4, -0.2) is 39.0 Å². The first kappa shape index (κ1) is 23.7. The Morgan fingerprint density at radius 2 is 2.00 bits per heavy atom. The van der Waals surface area contributed by atoms with Crippen LogP contribution in [0.2, 0.25) is 5.02 Å². The molecule has 0 atom stereocenters. The average molecular weight is 518 g/mol. The standard InChI is InChI=1S/C23H16ClF4N7O/c1-29-22-32-10-11-6-14(20-31-4-5-35(20)19(11)34-22)13-8-17(16(25)9-15(13)24)33-21(36)18-7-12(2-3-30-18)23(26,27)28/h2-3,6-10,31H,4-5H2,1H3,(H,33,36). The van der Waals surface area contributed by atoms with Gasteiger partial charge in [0.1, 0.15) is 23.2 Å². The molecule has 1 amide bonds. The monoisotopic (exact) mass is 517 g/mol. The van der Waals surface area contributed by atoms with E-state index in [1.807, 2.05) is 4.57 Å². The van der Waals surface area contributed by atoms with Crippen LogP contribution in [0, 0.1) is 5.82 Å².